The van der Waals surface area contributed by atoms with Crippen LogP contribution in [0.1, 0.15) is 112 Å². The highest BCUT2D eigenvalue weighted by molar-refractivity contribution is 5.09. The van der Waals surface area contributed by atoms with E-state index >= 15 is 0 Å². The Hall–Kier alpha value is -0.0800. The first-order valence-corrected chi connectivity index (χ1v) is 13.7. The van der Waals surface area contributed by atoms with Crippen molar-refractivity contribution in [2.75, 3.05) is 7.11 Å². The number of rotatable bonds is 5. The third kappa shape index (κ3) is 4.16. The summed E-state index contributed by atoms with van der Waals surface area (Å²) in [6.07, 6.45) is 15.2. The van der Waals surface area contributed by atoms with Crippen LogP contribution >= 0.6 is 0 Å². The number of hydrogen-bond donors (Lipinski definition) is 1. The molecule has 4 saturated carbocycles. The Morgan fingerprint density at radius 2 is 1.58 bits per heavy atom. The Kier molecular flexibility index (Phi) is 6.68. The number of fused-ring (bicyclic) bond motifs is 5. The first-order valence-electron chi connectivity index (χ1n) is 13.7. The molecular weight excluding hydrogens is 380 g/mol. The molecule has 0 aliphatic heterocycles. The number of ether oxygens (including phenoxy) is 1. The van der Waals surface area contributed by atoms with Crippen molar-refractivity contribution in [3.8, 4) is 0 Å². The van der Waals surface area contributed by atoms with Crippen LogP contribution in [-0.2, 0) is 4.74 Å². The second-order valence-electron chi connectivity index (χ2n) is 14.0. The Morgan fingerprint density at radius 1 is 0.903 bits per heavy atom. The molecule has 4 rings (SSSR count). The average Bonchev–Trinajstić information content (AvgIpc) is 3.07. The van der Waals surface area contributed by atoms with E-state index in [4.69, 9.17) is 4.74 Å². The predicted molar refractivity (Wildman–Crippen MR) is 130 cm³/mol. The Balaban J connectivity index is 1.44. The maximum Gasteiger partial charge on any atom is 0.0588 e. The summed E-state index contributed by atoms with van der Waals surface area (Å²) in [7, 11) is 1.92. The summed E-state index contributed by atoms with van der Waals surface area (Å²) in [6, 6.07) is 0. The van der Waals surface area contributed by atoms with Crippen LogP contribution < -0.4 is 0 Å². The molecule has 2 unspecified atom stereocenters. The summed E-state index contributed by atoms with van der Waals surface area (Å²) in [6.45, 7) is 14.4. The lowest BCUT2D eigenvalue weighted by Gasteiger charge is -2.61. The van der Waals surface area contributed by atoms with Crippen molar-refractivity contribution in [2.45, 2.75) is 124 Å². The first-order chi connectivity index (χ1) is 14.5. The van der Waals surface area contributed by atoms with Crippen LogP contribution in [0.15, 0.2) is 0 Å². The van der Waals surface area contributed by atoms with Crippen molar-refractivity contribution in [1.29, 1.82) is 0 Å². The fourth-order valence-electron chi connectivity index (χ4n) is 9.46. The molecule has 0 aromatic carbocycles. The summed E-state index contributed by atoms with van der Waals surface area (Å²) >= 11 is 0. The van der Waals surface area contributed by atoms with Gasteiger partial charge in [0.05, 0.1) is 12.2 Å². The Bertz CT molecular complexity index is 623. The minimum absolute atomic E-state index is 0.00972. The molecule has 180 valence electrons. The normalized spacial score (nSPS) is 47.2. The molecule has 4 fully saturated rings. The van der Waals surface area contributed by atoms with Crippen molar-refractivity contribution in [2.24, 2.45) is 51.8 Å². The minimum Gasteiger partial charge on any atom is -0.393 e. The van der Waals surface area contributed by atoms with E-state index in [0.29, 0.717) is 16.9 Å². The minimum atomic E-state index is -0.173. The van der Waals surface area contributed by atoms with Gasteiger partial charge in [0.2, 0.25) is 0 Å². The number of methoxy groups -OCH3 is 1. The first kappa shape index (κ1) is 24.1. The monoisotopic (exact) mass is 432 g/mol. The summed E-state index contributed by atoms with van der Waals surface area (Å²) < 4.78 is 5.79. The van der Waals surface area contributed by atoms with Crippen molar-refractivity contribution < 1.29 is 9.84 Å². The van der Waals surface area contributed by atoms with Crippen molar-refractivity contribution in [3.05, 3.63) is 0 Å². The molecular formula is C29H52O2. The molecule has 0 saturated heterocycles. The second kappa shape index (κ2) is 8.61. The summed E-state index contributed by atoms with van der Waals surface area (Å²) in [5.74, 6) is 5.37. The lowest BCUT2D eigenvalue weighted by molar-refractivity contribution is -0.133. The second-order valence-corrected chi connectivity index (χ2v) is 14.0. The van der Waals surface area contributed by atoms with Crippen LogP contribution in [0.25, 0.3) is 0 Å². The molecule has 0 heterocycles. The third-order valence-electron chi connectivity index (χ3n) is 11.6. The third-order valence-corrected chi connectivity index (χ3v) is 11.6. The molecule has 10 atom stereocenters. The summed E-state index contributed by atoms with van der Waals surface area (Å²) in [5.41, 5.74) is 1.12. The highest BCUT2D eigenvalue weighted by Gasteiger charge is 2.60. The standard InChI is InChI=1S/C29H52O2/c1-19(8-13-26(30)27(2,3)4)23-11-12-24-22-10-9-20-18-21(31-7)14-16-28(20,5)25(22)15-17-29(23,24)6/h19-26,30H,8-18H2,1-7H3/t19-,20?,21+,22+,23-,24+,25+,26?,28+,29-/m1/s1. The number of hydrogen-bond acceptors (Lipinski definition) is 2. The van der Waals surface area contributed by atoms with E-state index in [1.54, 1.807) is 0 Å². The smallest absolute Gasteiger partial charge is 0.0588 e. The lowest BCUT2D eigenvalue weighted by atomic mass is 9.44. The van der Waals surface area contributed by atoms with Gasteiger partial charge in [0.1, 0.15) is 0 Å². The van der Waals surface area contributed by atoms with Gasteiger partial charge in [-0.15, -0.1) is 0 Å². The zero-order valence-electron chi connectivity index (χ0n) is 21.8. The van der Waals surface area contributed by atoms with Gasteiger partial charge in [0.15, 0.2) is 0 Å². The highest BCUT2D eigenvalue weighted by Crippen LogP contribution is 2.68. The molecule has 31 heavy (non-hydrogen) atoms. The van der Waals surface area contributed by atoms with Crippen LogP contribution in [0.5, 0.6) is 0 Å². The fraction of sp³-hybridized carbons (Fsp3) is 1.00. The SMILES string of the molecule is CO[C@H]1CC[C@@]2(C)C(CC[C@H]3[C@@H]4CC[C@H]([C@H](C)CCC(O)C(C)(C)C)[C@@]4(C)CC[C@@H]32)C1. The molecule has 0 bridgehead atoms. The molecule has 4 aliphatic carbocycles. The zero-order chi connectivity index (χ0) is 22.6. The van der Waals surface area contributed by atoms with Gasteiger partial charge in [-0.2, -0.15) is 0 Å². The fourth-order valence-corrected chi connectivity index (χ4v) is 9.46. The van der Waals surface area contributed by atoms with E-state index in [0.717, 1.165) is 41.9 Å². The van der Waals surface area contributed by atoms with Gasteiger partial charge in [-0.05, 0) is 122 Å². The van der Waals surface area contributed by atoms with Crippen molar-refractivity contribution in [1.82, 2.24) is 0 Å². The van der Waals surface area contributed by atoms with Gasteiger partial charge in [-0.3, -0.25) is 0 Å². The van der Waals surface area contributed by atoms with Crippen LogP contribution in [0, 0.1) is 51.8 Å². The molecule has 0 aromatic rings. The molecule has 4 aliphatic rings. The van der Waals surface area contributed by atoms with Gasteiger partial charge in [-0.1, -0.05) is 41.5 Å². The number of aliphatic hydroxyl groups excluding tert-OH is 1. The largest absolute Gasteiger partial charge is 0.393 e. The van der Waals surface area contributed by atoms with Gasteiger partial charge in [0.25, 0.3) is 0 Å². The lowest BCUT2D eigenvalue weighted by Crippen LogP contribution is -2.54. The van der Waals surface area contributed by atoms with Gasteiger partial charge in [0, 0.05) is 7.11 Å². The molecule has 2 heteroatoms. The van der Waals surface area contributed by atoms with E-state index in [1.165, 1.54) is 64.2 Å². The van der Waals surface area contributed by atoms with Crippen LogP contribution in [0.4, 0.5) is 0 Å². The maximum atomic E-state index is 10.6. The van der Waals surface area contributed by atoms with E-state index in [1.807, 2.05) is 7.11 Å². The topological polar surface area (TPSA) is 29.5 Å². The summed E-state index contributed by atoms with van der Waals surface area (Å²) in [5, 5.41) is 10.6. The van der Waals surface area contributed by atoms with Crippen LogP contribution in [-0.4, -0.2) is 24.4 Å². The highest BCUT2D eigenvalue weighted by atomic mass is 16.5. The van der Waals surface area contributed by atoms with Crippen LogP contribution in [0.3, 0.4) is 0 Å². The number of aliphatic hydroxyl groups is 1. The molecule has 0 aromatic heterocycles. The van der Waals surface area contributed by atoms with Crippen molar-refractivity contribution in [3.63, 3.8) is 0 Å². The van der Waals surface area contributed by atoms with Gasteiger partial charge in [-0.25, -0.2) is 0 Å². The predicted octanol–water partition coefficient (Wildman–Crippen LogP) is 7.48. The average molecular weight is 433 g/mol. The Morgan fingerprint density at radius 3 is 2.26 bits per heavy atom. The molecule has 0 spiro atoms. The molecule has 2 nitrogen and oxygen atoms in total. The van der Waals surface area contributed by atoms with E-state index in [2.05, 4.69) is 41.5 Å². The quantitative estimate of drug-likeness (QED) is 0.488. The molecule has 1 N–H and O–H groups in total. The molecule has 0 radical (unpaired) electrons. The van der Waals surface area contributed by atoms with Gasteiger partial charge >= 0.3 is 0 Å². The zero-order valence-corrected chi connectivity index (χ0v) is 21.8. The van der Waals surface area contributed by atoms with E-state index in [-0.39, 0.29) is 11.5 Å². The van der Waals surface area contributed by atoms with E-state index < -0.39 is 0 Å². The van der Waals surface area contributed by atoms with Gasteiger partial charge < -0.3 is 9.84 Å². The Labute approximate surface area is 193 Å². The maximum absolute atomic E-state index is 10.6. The summed E-state index contributed by atoms with van der Waals surface area (Å²) in [4.78, 5) is 0. The van der Waals surface area contributed by atoms with Crippen LogP contribution in [0.2, 0.25) is 0 Å². The van der Waals surface area contributed by atoms with E-state index in [9.17, 15) is 5.11 Å². The van der Waals surface area contributed by atoms with Crippen molar-refractivity contribution >= 4 is 0 Å². The molecule has 0 amide bonds.